The minimum absolute atomic E-state index is 0.270. The molecule has 0 radical (unpaired) electrons. The number of nitrogens with one attached hydrogen (secondary N) is 1. The summed E-state index contributed by atoms with van der Waals surface area (Å²) < 4.78 is 1.77. The first-order chi connectivity index (χ1) is 8.72. The fraction of sp³-hybridized carbons (Fsp3) is 0.857. The van der Waals surface area contributed by atoms with Gasteiger partial charge >= 0.3 is 0 Å². The van der Waals surface area contributed by atoms with E-state index in [1.807, 2.05) is 7.05 Å². The second-order valence-electron chi connectivity index (χ2n) is 6.18. The molecule has 3 aliphatic rings. The first-order valence-electron chi connectivity index (χ1n) is 7.31. The molecule has 18 heavy (non-hydrogen) atoms. The van der Waals surface area contributed by atoms with Crippen molar-refractivity contribution in [3.8, 4) is 0 Å². The van der Waals surface area contributed by atoms with Crippen molar-refractivity contribution in [2.75, 3.05) is 6.54 Å². The molecule has 1 aromatic rings. The van der Waals surface area contributed by atoms with Crippen LogP contribution in [-0.2, 0) is 7.05 Å². The summed E-state index contributed by atoms with van der Waals surface area (Å²) in [6, 6.07) is 0.270. The van der Waals surface area contributed by atoms with Crippen molar-refractivity contribution < 1.29 is 0 Å². The van der Waals surface area contributed by atoms with E-state index in [0.717, 1.165) is 30.1 Å². The summed E-state index contributed by atoms with van der Waals surface area (Å²) in [5.41, 5.74) is 0. The Hall–Kier alpha value is -0.900. The lowest BCUT2D eigenvalue weighted by Gasteiger charge is -2.42. The SMILES string of the molecule is CC(NCC1CC2CCC1CC2)c1ncn(C)n1. The van der Waals surface area contributed by atoms with Gasteiger partial charge in [0.05, 0.1) is 6.04 Å². The molecule has 0 aliphatic heterocycles. The molecular formula is C14H24N4. The lowest BCUT2D eigenvalue weighted by atomic mass is 9.65. The Kier molecular flexibility index (Phi) is 3.37. The largest absolute Gasteiger partial charge is 0.307 e. The van der Waals surface area contributed by atoms with Gasteiger partial charge in [-0.2, -0.15) is 5.10 Å². The van der Waals surface area contributed by atoms with Gasteiger partial charge in [0.1, 0.15) is 6.33 Å². The van der Waals surface area contributed by atoms with E-state index in [-0.39, 0.29) is 6.04 Å². The molecule has 1 heterocycles. The van der Waals surface area contributed by atoms with Crippen molar-refractivity contribution in [3.63, 3.8) is 0 Å². The molecule has 0 amide bonds. The summed E-state index contributed by atoms with van der Waals surface area (Å²) in [5, 5.41) is 7.99. The molecule has 100 valence electrons. The zero-order valence-corrected chi connectivity index (χ0v) is 11.5. The maximum absolute atomic E-state index is 4.37. The van der Waals surface area contributed by atoms with Crippen molar-refractivity contribution in [1.29, 1.82) is 0 Å². The standard InChI is InChI=1S/C14H24N4/c1-10(14-16-9-18(2)17-14)15-8-13-7-11-3-5-12(13)6-4-11/h9-13,15H,3-8H2,1-2H3. The van der Waals surface area contributed by atoms with Crippen molar-refractivity contribution in [2.24, 2.45) is 24.8 Å². The lowest BCUT2D eigenvalue weighted by molar-refractivity contribution is 0.0962. The molecule has 3 fully saturated rings. The van der Waals surface area contributed by atoms with Crippen LogP contribution >= 0.6 is 0 Å². The van der Waals surface area contributed by atoms with Crippen LogP contribution in [0.4, 0.5) is 0 Å². The van der Waals surface area contributed by atoms with Crippen LogP contribution in [0, 0.1) is 17.8 Å². The highest BCUT2D eigenvalue weighted by Gasteiger charge is 2.35. The minimum atomic E-state index is 0.270. The van der Waals surface area contributed by atoms with E-state index in [1.54, 1.807) is 11.0 Å². The van der Waals surface area contributed by atoms with Gasteiger partial charge in [0, 0.05) is 7.05 Å². The number of hydrogen-bond acceptors (Lipinski definition) is 3. The average Bonchev–Trinajstić information content (AvgIpc) is 2.84. The molecular weight excluding hydrogens is 224 g/mol. The van der Waals surface area contributed by atoms with Gasteiger partial charge in [-0.3, -0.25) is 4.68 Å². The van der Waals surface area contributed by atoms with Gasteiger partial charge in [0.25, 0.3) is 0 Å². The van der Waals surface area contributed by atoms with E-state index < -0.39 is 0 Å². The molecule has 0 saturated heterocycles. The van der Waals surface area contributed by atoms with Gasteiger partial charge in [-0.05, 0) is 50.5 Å². The summed E-state index contributed by atoms with van der Waals surface area (Å²) >= 11 is 0. The number of rotatable bonds is 4. The zero-order valence-electron chi connectivity index (χ0n) is 11.5. The second-order valence-corrected chi connectivity index (χ2v) is 6.18. The quantitative estimate of drug-likeness (QED) is 0.889. The molecule has 4 rings (SSSR count). The first-order valence-corrected chi connectivity index (χ1v) is 7.31. The normalized spacial score (nSPS) is 32.7. The molecule has 1 N–H and O–H groups in total. The Morgan fingerprint density at radius 3 is 2.72 bits per heavy atom. The number of fused-ring (bicyclic) bond motifs is 3. The predicted molar refractivity (Wildman–Crippen MR) is 71.0 cm³/mol. The molecule has 3 aliphatic carbocycles. The Morgan fingerprint density at radius 1 is 1.39 bits per heavy atom. The molecule has 4 heteroatoms. The van der Waals surface area contributed by atoms with Crippen molar-refractivity contribution in [1.82, 2.24) is 20.1 Å². The van der Waals surface area contributed by atoms with Gasteiger partial charge in [0.15, 0.2) is 5.82 Å². The van der Waals surface area contributed by atoms with Crippen LogP contribution in [0.2, 0.25) is 0 Å². The second kappa shape index (κ2) is 5.00. The fourth-order valence-corrected chi connectivity index (χ4v) is 3.74. The van der Waals surface area contributed by atoms with Crippen molar-refractivity contribution in [3.05, 3.63) is 12.2 Å². The Morgan fingerprint density at radius 2 is 2.17 bits per heavy atom. The van der Waals surface area contributed by atoms with Crippen LogP contribution < -0.4 is 5.32 Å². The summed E-state index contributed by atoms with van der Waals surface area (Å²) in [4.78, 5) is 4.32. The lowest BCUT2D eigenvalue weighted by Crippen LogP contribution is -2.38. The van der Waals surface area contributed by atoms with Gasteiger partial charge in [0.2, 0.25) is 0 Å². The summed E-state index contributed by atoms with van der Waals surface area (Å²) in [6.07, 6.45) is 9.12. The van der Waals surface area contributed by atoms with Gasteiger partial charge in [-0.25, -0.2) is 4.98 Å². The molecule has 2 atom stereocenters. The van der Waals surface area contributed by atoms with Gasteiger partial charge in [-0.15, -0.1) is 0 Å². The van der Waals surface area contributed by atoms with E-state index in [0.29, 0.717) is 0 Å². The number of hydrogen-bond donors (Lipinski definition) is 1. The molecule has 2 unspecified atom stereocenters. The monoisotopic (exact) mass is 248 g/mol. The molecule has 4 nitrogen and oxygen atoms in total. The minimum Gasteiger partial charge on any atom is -0.307 e. The Labute approximate surface area is 109 Å². The average molecular weight is 248 g/mol. The van der Waals surface area contributed by atoms with Crippen LogP contribution in [0.25, 0.3) is 0 Å². The Balaban J connectivity index is 1.52. The highest BCUT2D eigenvalue weighted by Crippen LogP contribution is 2.44. The topological polar surface area (TPSA) is 42.7 Å². The predicted octanol–water partition coefficient (Wildman–Crippen LogP) is 2.29. The number of aryl methyl sites for hydroxylation is 1. The van der Waals surface area contributed by atoms with Crippen molar-refractivity contribution in [2.45, 2.75) is 45.1 Å². The van der Waals surface area contributed by atoms with E-state index >= 15 is 0 Å². The van der Waals surface area contributed by atoms with Crippen LogP contribution in [0.15, 0.2) is 6.33 Å². The van der Waals surface area contributed by atoms with Crippen LogP contribution in [0.1, 0.15) is 50.9 Å². The molecule has 0 aromatic carbocycles. The fourth-order valence-electron chi connectivity index (χ4n) is 3.74. The van der Waals surface area contributed by atoms with Gasteiger partial charge < -0.3 is 5.32 Å². The van der Waals surface area contributed by atoms with Crippen molar-refractivity contribution >= 4 is 0 Å². The summed E-state index contributed by atoms with van der Waals surface area (Å²) in [6.45, 7) is 3.30. The third-order valence-corrected chi connectivity index (χ3v) is 4.88. The number of aromatic nitrogens is 3. The van der Waals surface area contributed by atoms with Crippen LogP contribution in [0.3, 0.4) is 0 Å². The van der Waals surface area contributed by atoms with E-state index in [9.17, 15) is 0 Å². The summed E-state index contributed by atoms with van der Waals surface area (Å²) in [7, 11) is 1.92. The maximum Gasteiger partial charge on any atom is 0.167 e. The number of nitrogens with zero attached hydrogens (tertiary/aromatic N) is 3. The molecule has 3 saturated carbocycles. The summed E-state index contributed by atoms with van der Waals surface area (Å²) in [5.74, 6) is 3.80. The maximum atomic E-state index is 4.37. The highest BCUT2D eigenvalue weighted by atomic mass is 15.3. The van der Waals surface area contributed by atoms with Crippen LogP contribution in [-0.4, -0.2) is 21.3 Å². The Bertz CT molecular complexity index is 392. The third-order valence-electron chi connectivity index (χ3n) is 4.88. The molecule has 2 bridgehead atoms. The van der Waals surface area contributed by atoms with Gasteiger partial charge in [-0.1, -0.05) is 12.8 Å². The van der Waals surface area contributed by atoms with E-state index in [2.05, 4.69) is 22.3 Å². The third kappa shape index (κ3) is 2.44. The zero-order chi connectivity index (χ0) is 12.5. The highest BCUT2D eigenvalue weighted by molar-refractivity contribution is 4.92. The van der Waals surface area contributed by atoms with E-state index in [4.69, 9.17) is 0 Å². The smallest absolute Gasteiger partial charge is 0.167 e. The molecule has 1 aromatic heterocycles. The first kappa shape index (κ1) is 12.2. The molecule has 0 spiro atoms. The van der Waals surface area contributed by atoms with E-state index in [1.165, 1.54) is 32.1 Å². The van der Waals surface area contributed by atoms with Crippen LogP contribution in [0.5, 0.6) is 0 Å².